The second-order valence-electron chi connectivity index (χ2n) is 6.31. The molecular weight excluding hydrogens is 332 g/mol. The molecule has 0 unspecified atom stereocenters. The van der Waals surface area contributed by atoms with E-state index >= 15 is 0 Å². The number of hydrogen-bond acceptors (Lipinski definition) is 6. The van der Waals surface area contributed by atoms with Gasteiger partial charge in [0.15, 0.2) is 5.82 Å². The molecule has 6 nitrogen and oxygen atoms in total. The molecule has 4 aromatic rings. The van der Waals surface area contributed by atoms with Crippen molar-refractivity contribution in [3.63, 3.8) is 0 Å². The minimum absolute atomic E-state index is 0.643. The summed E-state index contributed by atoms with van der Waals surface area (Å²) in [6.45, 7) is 8.16. The van der Waals surface area contributed by atoms with Crippen molar-refractivity contribution in [2.45, 2.75) is 27.7 Å². The van der Waals surface area contributed by atoms with Gasteiger partial charge in [-0.25, -0.2) is 4.98 Å². The number of nitrogens with two attached hydrogens (primary N) is 1. The van der Waals surface area contributed by atoms with Crippen molar-refractivity contribution < 1.29 is 0 Å². The number of aromatic nitrogens is 5. The Morgan fingerprint density at radius 2 is 1.84 bits per heavy atom. The molecule has 0 atom stereocenters. The van der Waals surface area contributed by atoms with Gasteiger partial charge in [-0.15, -0.1) is 16.4 Å². The maximum atomic E-state index is 6.45. The molecule has 3 heterocycles. The molecule has 25 heavy (non-hydrogen) atoms. The summed E-state index contributed by atoms with van der Waals surface area (Å²) in [5.74, 6) is 0.643. The normalized spacial score (nSPS) is 11.4. The van der Waals surface area contributed by atoms with Gasteiger partial charge in [0.2, 0.25) is 0 Å². The molecule has 2 N–H and O–H groups in total. The maximum Gasteiger partial charge on any atom is 0.199 e. The molecule has 7 heteroatoms. The molecule has 0 amide bonds. The van der Waals surface area contributed by atoms with Crippen molar-refractivity contribution in [1.29, 1.82) is 0 Å². The van der Waals surface area contributed by atoms with Crippen LogP contribution in [0.3, 0.4) is 0 Å². The van der Waals surface area contributed by atoms with E-state index in [1.807, 2.05) is 19.1 Å². The van der Waals surface area contributed by atoms with Gasteiger partial charge >= 0.3 is 0 Å². The minimum Gasteiger partial charge on any atom is -0.397 e. The summed E-state index contributed by atoms with van der Waals surface area (Å²) in [4.78, 5) is 6.39. The monoisotopic (exact) mass is 350 g/mol. The van der Waals surface area contributed by atoms with Crippen LogP contribution in [0.5, 0.6) is 0 Å². The Bertz CT molecular complexity index is 1110. The third-order valence-corrected chi connectivity index (χ3v) is 5.37. The van der Waals surface area contributed by atoms with Crippen LogP contribution in [0, 0.1) is 27.7 Å². The SMILES string of the molecule is Cc1ccc(-n2nnnc2-c2sc3nc(C)cc(C)c3c2N)c(C)c1. The van der Waals surface area contributed by atoms with E-state index in [2.05, 4.69) is 53.4 Å². The topological polar surface area (TPSA) is 82.5 Å². The Labute approximate surface area is 149 Å². The second kappa shape index (κ2) is 5.63. The molecule has 0 saturated carbocycles. The van der Waals surface area contributed by atoms with Gasteiger partial charge in [-0.2, -0.15) is 4.68 Å². The van der Waals surface area contributed by atoms with Crippen molar-refractivity contribution in [2.75, 3.05) is 5.73 Å². The van der Waals surface area contributed by atoms with Gasteiger partial charge in [-0.05, 0) is 61.4 Å². The summed E-state index contributed by atoms with van der Waals surface area (Å²) >= 11 is 1.53. The van der Waals surface area contributed by atoms with E-state index in [0.29, 0.717) is 11.5 Å². The maximum absolute atomic E-state index is 6.45. The molecule has 4 rings (SSSR count). The molecule has 1 aromatic carbocycles. The summed E-state index contributed by atoms with van der Waals surface area (Å²) in [5.41, 5.74) is 12.5. The van der Waals surface area contributed by atoms with Crippen LogP contribution in [0.4, 0.5) is 5.69 Å². The zero-order valence-electron chi connectivity index (χ0n) is 14.5. The van der Waals surface area contributed by atoms with Gasteiger partial charge in [0, 0.05) is 11.1 Å². The molecule has 0 aliphatic carbocycles. The lowest BCUT2D eigenvalue weighted by molar-refractivity contribution is 0.787. The van der Waals surface area contributed by atoms with Gasteiger partial charge in [-0.3, -0.25) is 0 Å². The predicted molar refractivity (Wildman–Crippen MR) is 101 cm³/mol. The first-order chi connectivity index (χ1) is 12.0. The highest BCUT2D eigenvalue weighted by Crippen LogP contribution is 2.41. The molecule has 0 aliphatic heterocycles. The molecule has 0 aliphatic rings. The Hall–Kier alpha value is -2.80. The summed E-state index contributed by atoms with van der Waals surface area (Å²) < 4.78 is 1.75. The van der Waals surface area contributed by atoms with Crippen LogP contribution in [0.15, 0.2) is 24.3 Å². The zero-order valence-corrected chi connectivity index (χ0v) is 15.3. The van der Waals surface area contributed by atoms with E-state index in [1.165, 1.54) is 16.9 Å². The van der Waals surface area contributed by atoms with Crippen molar-refractivity contribution in [2.24, 2.45) is 0 Å². The van der Waals surface area contributed by atoms with E-state index in [-0.39, 0.29) is 0 Å². The Morgan fingerprint density at radius 3 is 2.60 bits per heavy atom. The third-order valence-electron chi connectivity index (χ3n) is 4.28. The first-order valence-electron chi connectivity index (χ1n) is 7.98. The molecule has 126 valence electrons. The van der Waals surface area contributed by atoms with Crippen molar-refractivity contribution >= 4 is 27.2 Å². The third kappa shape index (κ3) is 2.47. The molecule has 0 saturated heterocycles. The fourth-order valence-corrected chi connectivity index (χ4v) is 4.36. The number of thiophene rings is 1. The summed E-state index contributed by atoms with van der Waals surface area (Å²) in [5, 5.41) is 13.3. The van der Waals surface area contributed by atoms with Crippen molar-refractivity contribution in [3.8, 4) is 16.4 Å². The first kappa shape index (κ1) is 15.7. The second-order valence-corrected chi connectivity index (χ2v) is 7.31. The van der Waals surface area contributed by atoms with E-state index in [1.54, 1.807) is 4.68 Å². The van der Waals surface area contributed by atoms with E-state index in [4.69, 9.17) is 5.73 Å². The van der Waals surface area contributed by atoms with E-state index in [0.717, 1.165) is 37.6 Å². The summed E-state index contributed by atoms with van der Waals surface area (Å²) in [6.07, 6.45) is 0. The molecule has 0 radical (unpaired) electrons. The Kier molecular flexibility index (Phi) is 3.54. The standard InChI is InChI=1S/C18H18N6S/c1-9-5-6-13(10(2)7-9)24-17(21-22-23-24)16-15(19)14-11(3)8-12(4)20-18(14)25-16/h5-8H,19H2,1-4H3. The number of anilines is 1. The number of nitrogen functional groups attached to an aromatic ring is 1. The van der Waals surface area contributed by atoms with Gasteiger partial charge < -0.3 is 5.73 Å². The highest BCUT2D eigenvalue weighted by atomic mass is 32.1. The average Bonchev–Trinajstić information content (AvgIpc) is 3.12. The van der Waals surface area contributed by atoms with Crippen LogP contribution in [-0.2, 0) is 0 Å². The number of aryl methyl sites for hydroxylation is 4. The van der Waals surface area contributed by atoms with Crippen LogP contribution in [0.25, 0.3) is 26.6 Å². The van der Waals surface area contributed by atoms with Crippen molar-refractivity contribution in [3.05, 3.63) is 46.6 Å². The number of tetrazole rings is 1. The lowest BCUT2D eigenvalue weighted by atomic mass is 10.1. The van der Waals surface area contributed by atoms with Crippen LogP contribution in [0.2, 0.25) is 0 Å². The number of nitrogens with zero attached hydrogens (tertiary/aromatic N) is 5. The fourth-order valence-electron chi connectivity index (χ4n) is 3.17. The molecule has 0 bridgehead atoms. The molecule has 0 spiro atoms. The summed E-state index contributed by atoms with van der Waals surface area (Å²) in [6, 6.07) is 8.24. The van der Waals surface area contributed by atoms with Crippen LogP contribution < -0.4 is 5.73 Å². The van der Waals surface area contributed by atoms with Crippen LogP contribution in [-0.4, -0.2) is 25.2 Å². The highest BCUT2D eigenvalue weighted by molar-refractivity contribution is 7.22. The molecule has 3 aromatic heterocycles. The lowest BCUT2D eigenvalue weighted by Crippen LogP contribution is -2.02. The van der Waals surface area contributed by atoms with Crippen LogP contribution in [0.1, 0.15) is 22.4 Å². The highest BCUT2D eigenvalue weighted by Gasteiger charge is 2.21. The number of pyridine rings is 1. The first-order valence-corrected chi connectivity index (χ1v) is 8.80. The predicted octanol–water partition coefficient (Wildman–Crippen LogP) is 3.75. The minimum atomic E-state index is 0.643. The quantitative estimate of drug-likeness (QED) is 0.595. The summed E-state index contributed by atoms with van der Waals surface area (Å²) in [7, 11) is 0. The van der Waals surface area contributed by atoms with E-state index in [9.17, 15) is 0 Å². The largest absolute Gasteiger partial charge is 0.397 e. The molecular formula is C18H18N6S. The fraction of sp³-hybridized carbons (Fsp3) is 0.222. The van der Waals surface area contributed by atoms with Crippen molar-refractivity contribution in [1.82, 2.24) is 25.2 Å². The Balaban J connectivity index is 1.96. The Morgan fingerprint density at radius 1 is 1.04 bits per heavy atom. The van der Waals surface area contributed by atoms with Gasteiger partial charge in [-0.1, -0.05) is 17.7 Å². The van der Waals surface area contributed by atoms with E-state index < -0.39 is 0 Å². The van der Waals surface area contributed by atoms with Crippen LogP contribution >= 0.6 is 11.3 Å². The van der Waals surface area contributed by atoms with Gasteiger partial charge in [0.25, 0.3) is 0 Å². The lowest BCUT2D eigenvalue weighted by Gasteiger charge is -2.08. The smallest absolute Gasteiger partial charge is 0.199 e. The number of benzene rings is 1. The number of hydrogen-bond donors (Lipinski definition) is 1. The number of fused-ring (bicyclic) bond motifs is 1. The average molecular weight is 350 g/mol. The van der Waals surface area contributed by atoms with Gasteiger partial charge in [0.1, 0.15) is 4.83 Å². The number of rotatable bonds is 2. The zero-order chi connectivity index (χ0) is 17.7. The van der Waals surface area contributed by atoms with Gasteiger partial charge in [0.05, 0.1) is 16.3 Å². The molecule has 0 fully saturated rings.